The highest BCUT2D eigenvalue weighted by Crippen LogP contribution is 2.42. The van der Waals surface area contributed by atoms with Crippen molar-refractivity contribution >= 4 is 46.4 Å². The molecule has 35 heavy (non-hydrogen) atoms. The Bertz CT molecular complexity index is 1090. The lowest BCUT2D eigenvalue weighted by atomic mass is 9.95. The second-order valence-corrected chi connectivity index (χ2v) is 9.23. The molecule has 0 aliphatic rings. The van der Waals surface area contributed by atoms with E-state index in [1.165, 1.54) is 0 Å². The summed E-state index contributed by atoms with van der Waals surface area (Å²) in [6.07, 6.45) is -9.99. The smallest absolute Gasteiger partial charge is 0.309 e. The highest BCUT2D eigenvalue weighted by molar-refractivity contribution is 6.48. The van der Waals surface area contributed by atoms with Gasteiger partial charge in [-0.3, -0.25) is 4.79 Å². The van der Waals surface area contributed by atoms with Crippen LogP contribution in [0.3, 0.4) is 0 Å². The number of hydrogen-bond acceptors (Lipinski definition) is 2. The fourth-order valence-corrected chi connectivity index (χ4v) is 3.73. The number of alkyl halides is 6. The van der Waals surface area contributed by atoms with Gasteiger partial charge in [-0.05, 0) is 42.3 Å². The van der Waals surface area contributed by atoms with Crippen LogP contribution in [0.4, 0.5) is 30.7 Å². The summed E-state index contributed by atoms with van der Waals surface area (Å²) in [7, 11) is 0. The zero-order valence-corrected chi connectivity index (χ0v) is 20.5. The molecule has 0 fully saturated rings. The van der Waals surface area contributed by atoms with Gasteiger partial charge in [0, 0.05) is 11.1 Å². The molecule has 2 aromatic carbocycles. The molecule has 0 aliphatic carbocycles. The number of halogens is 10. The Kier molecular flexibility index (Phi) is 9.66. The number of hydrogen-bond donors (Lipinski definition) is 1. The number of carbonyl (C=O) groups is 1. The van der Waals surface area contributed by atoms with Crippen LogP contribution in [0.5, 0.6) is 0 Å². The van der Waals surface area contributed by atoms with Crippen LogP contribution in [0.15, 0.2) is 36.4 Å². The Hall–Kier alpha value is -1.81. The number of nitrogens with one attached hydrogen (secondary N) is 1. The normalized spacial score (nSPS) is 13.9. The van der Waals surface area contributed by atoms with Crippen LogP contribution in [0.2, 0.25) is 15.1 Å². The minimum absolute atomic E-state index is 0.108. The highest BCUT2D eigenvalue weighted by Gasteiger charge is 2.41. The van der Waals surface area contributed by atoms with Crippen molar-refractivity contribution in [2.75, 3.05) is 13.1 Å². The van der Waals surface area contributed by atoms with Crippen molar-refractivity contribution in [2.45, 2.75) is 32.1 Å². The van der Waals surface area contributed by atoms with E-state index in [2.05, 4.69) is 5.32 Å². The van der Waals surface area contributed by atoms with Gasteiger partial charge in [-0.15, -0.1) is 0 Å². The molecular formula is C23H19Cl3F7NO. The molecule has 0 radical (unpaired) electrons. The molecule has 0 bridgehead atoms. The second kappa shape index (κ2) is 11.5. The van der Waals surface area contributed by atoms with E-state index < -0.39 is 58.7 Å². The van der Waals surface area contributed by atoms with Gasteiger partial charge in [-0.2, -0.15) is 26.3 Å². The predicted molar refractivity (Wildman–Crippen MR) is 123 cm³/mol. The first-order valence-corrected chi connectivity index (χ1v) is 11.2. The van der Waals surface area contributed by atoms with Gasteiger partial charge >= 0.3 is 12.4 Å². The first-order chi connectivity index (χ1) is 16.0. The zero-order valence-electron chi connectivity index (χ0n) is 18.2. The van der Waals surface area contributed by atoms with Crippen molar-refractivity contribution in [3.63, 3.8) is 0 Å². The fourth-order valence-electron chi connectivity index (χ4n) is 3.12. The average Bonchev–Trinajstić information content (AvgIpc) is 2.73. The maximum Gasteiger partial charge on any atom is 0.417 e. The van der Waals surface area contributed by atoms with E-state index in [9.17, 15) is 35.5 Å². The molecule has 1 atom stereocenters. The summed E-state index contributed by atoms with van der Waals surface area (Å²) in [5.74, 6) is -4.94. The fraction of sp³-hybridized carbons (Fsp3) is 0.348. The summed E-state index contributed by atoms with van der Waals surface area (Å²) in [5, 5.41) is 1.88. The molecule has 0 aliphatic heterocycles. The van der Waals surface area contributed by atoms with Crippen molar-refractivity contribution in [1.82, 2.24) is 5.32 Å². The van der Waals surface area contributed by atoms with Gasteiger partial charge in [-0.25, -0.2) is 4.39 Å². The van der Waals surface area contributed by atoms with E-state index in [0.29, 0.717) is 12.6 Å². The minimum atomic E-state index is -5.06. The Labute approximate surface area is 212 Å². The van der Waals surface area contributed by atoms with Gasteiger partial charge in [-0.1, -0.05) is 60.8 Å². The number of rotatable bonds is 8. The molecule has 0 heterocycles. The van der Waals surface area contributed by atoms with E-state index in [4.69, 9.17) is 34.8 Å². The van der Waals surface area contributed by atoms with E-state index in [1.807, 2.05) is 13.8 Å². The summed E-state index contributed by atoms with van der Waals surface area (Å²) in [5.41, 5.74) is -3.54. The largest absolute Gasteiger partial charge is 0.417 e. The third-order valence-corrected chi connectivity index (χ3v) is 5.97. The summed E-state index contributed by atoms with van der Waals surface area (Å²) in [4.78, 5) is 12.3. The Morgan fingerprint density at radius 2 is 1.57 bits per heavy atom. The summed E-state index contributed by atoms with van der Waals surface area (Å²) in [6.45, 7) is 3.65. The monoisotopic (exact) mass is 563 g/mol. The van der Waals surface area contributed by atoms with Gasteiger partial charge in [0.15, 0.2) is 5.78 Å². The highest BCUT2D eigenvalue weighted by atomic mass is 35.5. The first kappa shape index (κ1) is 29.4. The lowest BCUT2D eigenvalue weighted by Gasteiger charge is -2.19. The summed E-state index contributed by atoms with van der Waals surface area (Å²) >= 11 is 17.3. The van der Waals surface area contributed by atoms with Crippen LogP contribution in [-0.4, -0.2) is 25.0 Å². The Morgan fingerprint density at radius 1 is 1.00 bits per heavy atom. The van der Waals surface area contributed by atoms with Gasteiger partial charge < -0.3 is 5.32 Å². The summed E-state index contributed by atoms with van der Waals surface area (Å²) in [6, 6.07) is 3.53. The zero-order chi connectivity index (χ0) is 26.7. The molecule has 1 N–H and O–H groups in total. The SMILES string of the molecule is CC(C)CNCC(=O)c1ccc(/C(F)=C/C(c2cc(Cl)c(Cl)c(Cl)c2)C(F)(F)F)cc1C(F)(F)F. The third kappa shape index (κ3) is 7.84. The molecule has 12 heteroatoms. The minimum Gasteiger partial charge on any atom is -0.309 e. The van der Waals surface area contributed by atoms with Gasteiger partial charge in [0.25, 0.3) is 0 Å². The number of ketones is 1. The van der Waals surface area contributed by atoms with Crippen LogP contribution in [-0.2, 0) is 6.18 Å². The van der Waals surface area contributed by atoms with Crippen molar-refractivity contribution in [3.8, 4) is 0 Å². The van der Waals surface area contributed by atoms with E-state index in [0.717, 1.165) is 24.3 Å². The lowest BCUT2D eigenvalue weighted by molar-refractivity contribution is -0.140. The number of allylic oxidation sites excluding steroid dienone is 1. The molecule has 1 unspecified atom stereocenters. The Morgan fingerprint density at radius 3 is 2.06 bits per heavy atom. The molecule has 2 aromatic rings. The van der Waals surface area contributed by atoms with E-state index in [1.54, 1.807) is 0 Å². The number of benzene rings is 2. The van der Waals surface area contributed by atoms with Crippen molar-refractivity contribution in [2.24, 2.45) is 5.92 Å². The quantitative estimate of drug-likeness (QED) is 0.197. The lowest BCUT2D eigenvalue weighted by Crippen LogP contribution is -2.28. The molecule has 192 valence electrons. The van der Waals surface area contributed by atoms with Crippen molar-refractivity contribution in [1.29, 1.82) is 0 Å². The molecule has 0 aromatic heterocycles. The van der Waals surface area contributed by atoms with Crippen LogP contribution in [0, 0.1) is 5.92 Å². The molecular weight excluding hydrogens is 546 g/mol. The van der Waals surface area contributed by atoms with Gasteiger partial charge in [0.05, 0.1) is 27.2 Å². The maximum atomic E-state index is 14.9. The molecule has 0 spiro atoms. The molecule has 0 amide bonds. The standard InChI is InChI=1S/C23H19Cl3F7NO/c1-11(2)9-34-10-20(35)14-4-3-12(5-16(14)23(31,32)33)19(27)8-15(22(28,29)30)13-6-17(24)21(26)18(25)7-13/h3-8,11,15,34H,9-10H2,1-2H3/b19-8-. The van der Waals surface area contributed by atoms with Crippen LogP contribution in [0.1, 0.15) is 46.8 Å². The third-order valence-electron chi connectivity index (χ3n) is 4.77. The van der Waals surface area contributed by atoms with Gasteiger partial charge in [0.1, 0.15) is 11.7 Å². The summed E-state index contributed by atoms with van der Waals surface area (Å²) < 4.78 is 96.8. The predicted octanol–water partition coefficient (Wildman–Crippen LogP) is 8.75. The van der Waals surface area contributed by atoms with E-state index >= 15 is 0 Å². The van der Waals surface area contributed by atoms with Crippen molar-refractivity contribution in [3.05, 3.63) is 73.7 Å². The second-order valence-electron chi connectivity index (χ2n) is 8.04. The number of Topliss-reactive ketones (excluding diaryl/α,β-unsaturated/α-hetero) is 1. The Balaban J connectivity index is 2.51. The average molecular weight is 565 g/mol. The topological polar surface area (TPSA) is 29.1 Å². The first-order valence-electron chi connectivity index (χ1n) is 10.1. The van der Waals surface area contributed by atoms with Crippen LogP contribution >= 0.6 is 34.8 Å². The van der Waals surface area contributed by atoms with Gasteiger partial charge in [0.2, 0.25) is 0 Å². The van der Waals surface area contributed by atoms with Crippen molar-refractivity contribution < 1.29 is 35.5 Å². The molecule has 0 saturated carbocycles. The van der Waals surface area contributed by atoms with Crippen LogP contribution < -0.4 is 5.32 Å². The molecule has 2 nitrogen and oxygen atoms in total. The maximum absolute atomic E-state index is 14.9. The molecule has 0 saturated heterocycles. The van der Waals surface area contributed by atoms with Crippen LogP contribution in [0.25, 0.3) is 5.83 Å². The number of carbonyl (C=O) groups excluding carboxylic acids is 1. The molecule has 2 rings (SSSR count). The van der Waals surface area contributed by atoms with E-state index in [-0.39, 0.29) is 27.1 Å².